The minimum absolute atomic E-state index is 0.0895. The molecular formula is C23H38N2O2. The molecule has 4 bridgehead atoms. The lowest BCUT2D eigenvalue weighted by Crippen LogP contribution is -2.53. The SMILES string of the molecule is CCCC1CCCN(C(=O)CCNC(=O)C23CC4CC(CC(C4)C2)C3)CC1. The van der Waals surface area contributed by atoms with Crippen molar-refractivity contribution in [1.82, 2.24) is 10.2 Å². The number of carbonyl (C=O) groups excluding carboxylic acids is 2. The van der Waals surface area contributed by atoms with E-state index in [9.17, 15) is 9.59 Å². The fourth-order valence-corrected chi connectivity index (χ4v) is 7.13. The van der Waals surface area contributed by atoms with Crippen molar-refractivity contribution in [3.8, 4) is 0 Å². The third kappa shape index (κ3) is 4.19. The molecule has 0 aromatic heterocycles. The van der Waals surface area contributed by atoms with Gasteiger partial charge in [0.05, 0.1) is 0 Å². The van der Waals surface area contributed by atoms with E-state index in [-0.39, 0.29) is 17.2 Å². The molecule has 1 saturated heterocycles. The van der Waals surface area contributed by atoms with E-state index in [1.807, 2.05) is 4.90 Å². The van der Waals surface area contributed by atoms with Gasteiger partial charge in [0.1, 0.15) is 0 Å². The highest BCUT2D eigenvalue weighted by atomic mass is 16.2. The highest BCUT2D eigenvalue weighted by Gasteiger charge is 2.54. The molecule has 4 heteroatoms. The van der Waals surface area contributed by atoms with Gasteiger partial charge in [-0.15, -0.1) is 0 Å². The van der Waals surface area contributed by atoms with Crippen molar-refractivity contribution < 1.29 is 9.59 Å². The minimum atomic E-state index is -0.0895. The third-order valence-electron chi connectivity index (χ3n) is 8.04. The number of hydrogen-bond acceptors (Lipinski definition) is 2. The molecule has 4 nitrogen and oxygen atoms in total. The van der Waals surface area contributed by atoms with Gasteiger partial charge in [0.15, 0.2) is 0 Å². The predicted octanol–water partition coefficient (Wildman–Crippen LogP) is 4.14. The zero-order valence-corrected chi connectivity index (χ0v) is 17.2. The highest BCUT2D eigenvalue weighted by Crippen LogP contribution is 2.60. The monoisotopic (exact) mass is 374 g/mol. The average molecular weight is 375 g/mol. The van der Waals surface area contributed by atoms with Crippen molar-refractivity contribution in [2.24, 2.45) is 29.1 Å². The summed E-state index contributed by atoms with van der Waals surface area (Å²) >= 11 is 0. The Balaban J connectivity index is 1.23. The molecule has 0 spiro atoms. The summed E-state index contributed by atoms with van der Waals surface area (Å²) in [5.74, 6) is 3.65. The molecule has 0 radical (unpaired) electrons. The summed E-state index contributed by atoms with van der Waals surface area (Å²) in [5, 5.41) is 3.17. The quantitative estimate of drug-likeness (QED) is 0.760. The number of nitrogens with zero attached hydrogens (tertiary/aromatic N) is 1. The van der Waals surface area contributed by atoms with Crippen LogP contribution in [0.25, 0.3) is 0 Å². The van der Waals surface area contributed by atoms with Gasteiger partial charge in [-0.1, -0.05) is 19.8 Å². The van der Waals surface area contributed by atoms with Crippen LogP contribution in [0.3, 0.4) is 0 Å². The fourth-order valence-electron chi connectivity index (χ4n) is 7.13. The second-order valence-corrected chi connectivity index (χ2v) is 10.2. The van der Waals surface area contributed by atoms with Gasteiger partial charge in [0, 0.05) is 31.5 Å². The number of hydrogen-bond donors (Lipinski definition) is 1. The van der Waals surface area contributed by atoms with E-state index in [2.05, 4.69) is 12.2 Å². The van der Waals surface area contributed by atoms with Crippen LogP contribution < -0.4 is 5.32 Å². The number of carbonyl (C=O) groups is 2. The van der Waals surface area contributed by atoms with Gasteiger partial charge >= 0.3 is 0 Å². The molecule has 5 aliphatic rings. The zero-order chi connectivity index (χ0) is 18.9. The number of likely N-dealkylation sites (tertiary alicyclic amines) is 1. The maximum absolute atomic E-state index is 13.0. The van der Waals surface area contributed by atoms with E-state index in [0.717, 1.165) is 68.9 Å². The zero-order valence-electron chi connectivity index (χ0n) is 17.2. The molecule has 5 rings (SSSR count). The van der Waals surface area contributed by atoms with Crippen molar-refractivity contribution in [3.63, 3.8) is 0 Å². The van der Waals surface area contributed by atoms with Crippen LogP contribution in [0.4, 0.5) is 0 Å². The van der Waals surface area contributed by atoms with Crippen molar-refractivity contribution in [3.05, 3.63) is 0 Å². The number of rotatable bonds is 6. The predicted molar refractivity (Wildman–Crippen MR) is 107 cm³/mol. The molecule has 27 heavy (non-hydrogen) atoms. The molecule has 2 amide bonds. The Labute approximate surface area is 164 Å². The summed E-state index contributed by atoms with van der Waals surface area (Å²) in [4.78, 5) is 27.7. The van der Waals surface area contributed by atoms with Crippen LogP contribution in [0.15, 0.2) is 0 Å². The maximum atomic E-state index is 13.0. The van der Waals surface area contributed by atoms with Crippen molar-refractivity contribution in [1.29, 1.82) is 0 Å². The lowest BCUT2D eigenvalue weighted by atomic mass is 9.49. The lowest BCUT2D eigenvalue weighted by molar-refractivity contribution is -0.146. The van der Waals surface area contributed by atoms with Gasteiger partial charge in [-0.05, 0) is 81.5 Å². The molecule has 1 N–H and O–H groups in total. The molecule has 5 fully saturated rings. The first-order chi connectivity index (χ1) is 13.1. The topological polar surface area (TPSA) is 49.4 Å². The molecule has 4 saturated carbocycles. The van der Waals surface area contributed by atoms with Crippen LogP contribution >= 0.6 is 0 Å². The standard InChI is InChI=1S/C23H38N2O2/c1-2-4-17-5-3-9-25(10-7-17)21(26)6-8-24-22(27)23-14-18-11-19(15-23)13-20(12-18)16-23/h17-20H,2-16H2,1H3,(H,24,27). The van der Waals surface area contributed by atoms with Gasteiger partial charge < -0.3 is 10.2 Å². The first kappa shape index (κ1) is 19.3. The Kier molecular flexibility index (Phi) is 5.80. The normalized spacial score (nSPS) is 37.9. The summed E-state index contributed by atoms with van der Waals surface area (Å²) in [6.07, 6.45) is 13.9. The van der Waals surface area contributed by atoms with Gasteiger partial charge in [-0.3, -0.25) is 9.59 Å². The summed E-state index contributed by atoms with van der Waals surface area (Å²) in [7, 11) is 0. The molecule has 1 atom stereocenters. The highest BCUT2D eigenvalue weighted by molar-refractivity contribution is 5.84. The van der Waals surface area contributed by atoms with E-state index >= 15 is 0 Å². The molecule has 1 unspecified atom stereocenters. The van der Waals surface area contributed by atoms with Crippen LogP contribution in [-0.2, 0) is 9.59 Å². The first-order valence-electron chi connectivity index (χ1n) is 11.6. The summed E-state index contributed by atoms with van der Waals surface area (Å²) in [5.41, 5.74) is -0.0895. The second-order valence-electron chi connectivity index (χ2n) is 10.2. The minimum Gasteiger partial charge on any atom is -0.355 e. The third-order valence-corrected chi connectivity index (χ3v) is 8.04. The Morgan fingerprint density at radius 3 is 2.30 bits per heavy atom. The Morgan fingerprint density at radius 2 is 1.67 bits per heavy atom. The van der Waals surface area contributed by atoms with E-state index in [4.69, 9.17) is 0 Å². The van der Waals surface area contributed by atoms with Crippen LogP contribution in [0.1, 0.15) is 84.0 Å². The molecular weight excluding hydrogens is 336 g/mol. The maximum Gasteiger partial charge on any atom is 0.226 e. The molecule has 1 heterocycles. The van der Waals surface area contributed by atoms with Gasteiger partial charge in [0.2, 0.25) is 11.8 Å². The van der Waals surface area contributed by atoms with Crippen LogP contribution in [0.2, 0.25) is 0 Å². The van der Waals surface area contributed by atoms with Crippen LogP contribution in [0, 0.1) is 29.1 Å². The fraction of sp³-hybridized carbons (Fsp3) is 0.913. The smallest absolute Gasteiger partial charge is 0.226 e. The second kappa shape index (κ2) is 8.13. The van der Waals surface area contributed by atoms with Crippen LogP contribution in [0.5, 0.6) is 0 Å². The molecule has 4 aliphatic carbocycles. The molecule has 0 aromatic rings. The Hall–Kier alpha value is -1.06. The molecule has 152 valence electrons. The van der Waals surface area contributed by atoms with Gasteiger partial charge in [0.25, 0.3) is 0 Å². The van der Waals surface area contributed by atoms with Crippen LogP contribution in [-0.4, -0.2) is 36.3 Å². The number of nitrogens with one attached hydrogen (secondary N) is 1. The summed E-state index contributed by atoms with van der Waals surface area (Å²) in [6, 6.07) is 0. The van der Waals surface area contributed by atoms with Crippen molar-refractivity contribution in [2.75, 3.05) is 19.6 Å². The van der Waals surface area contributed by atoms with E-state index in [0.29, 0.717) is 13.0 Å². The lowest BCUT2D eigenvalue weighted by Gasteiger charge is -2.55. The van der Waals surface area contributed by atoms with E-state index < -0.39 is 0 Å². The van der Waals surface area contributed by atoms with Crippen molar-refractivity contribution >= 4 is 11.8 Å². The Morgan fingerprint density at radius 1 is 1.00 bits per heavy atom. The summed E-state index contributed by atoms with van der Waals surface area (Å²) < 4.78 is 0. The Bertz CT molecular complexity index is 523. The van der Waals surface area contributed by atoms with Gasteiger partial charge in [-0.2, -0.15) is 0 Å². The largest absolute Gasteiger partial charge is 0.355 e. The first-order valence-corrected chi connectivity index (χ1v) is 11.6. The van der Waals surface area contributed by atoms with E-state index in [1.165, 1.54) is 38.5 Å². The number of amides is 2. The van der Waals surface area contributed by atoms with E-state index in [1.54, 1.807) is 0 Å². The summed E-state index contributed by atoms with van der Waals surface area (Å²) in [6.45, 7) is 4.59. The van der Waals surface area contributed by atoms with Crippen molar-refractivity contribution in [2.45, 2.75) is 84.0 Å². The molecule has 0 aromatic carbocycles. The van der Waals surface area contributed by atoms with Gasteiger partial charge in [-0.25, -0.2) is 0 Å². The average Bonchev–Trinajstić information content (AvgIpc) is 2.86. The molecule has 1 aliphatic heterocycles.